The molecule has 1 saturated heterocycles. The predicted octanol–water partition coefficient (Wildman–Crippen LogP) is 2.43. The van der Waals surface area contributed by atoms with E-state index in [1.165, 1.54) is 5.56 Å². The van der Waals surface area contributed by atoms with Crippen molar-refractivity contribution in [2.45, 2.75) is 25.1 Å². The lowest BCUT2D eigenvalue weighted by Crippen LogP contribution is -2.51. The molecule has 32 heavy (non-hydrogen) atoms. The van der Waals surface area contributed by atoms with E-state index in [2.05, 4.69) is 32.8 Å². The molecule has 2 aromatic carbocycles. The molecule has 0 saturated carbocycles. The van der Waals surface area contributed by atoms with Gasteiger partial charge >= 0.3 is 0 Å². The Morgan fingerprint density at radius 1 is 1.16 bits per heavy atom. The summed E-state index contributed by atoms with van der Waals surface area (Å²) in [5.41, 5.74) is 4.95. The van der Waals surface area contributed by atoms with Crippen molar-refractivity contribution in [3.8, 4) is 22.6 Å². The van der Waals surface area contributed by atoms with Gasteiger partial charge in [-0.25, -0.2) is 0 Å². The molecule has 8 nitrogen and oxygen atoms in total. The second kappa shape index (κ2) is 8.64. The van der Waals surface area contributed by atoms with Crippen molar-refractivity contribution in [1.82, 2.24) is 20.4 Å². The molecule has 2 aliphatic heterocycles. The van der Waals surface area contributed by atoms with Crippen LogP contribution in [0.15, 0.2) is 48.8 Å². The van der Waals surface area contributed by atoms with Crippen molar-refractivity contribution in [3.05, 3.63) is 59.9 Å². The molecule has 5 rings (SSSR count). The smallest absolute Gasteiger partial charge is 0.241 e. The summed E-state index contributed by atoms with van der Waals surface area (Å²) in [4.78, 5) is 15.3. The van der Waals surface area contributed by atoms with Gasteiger partial charge in [0.1, 0.15) is 17.6 Å². The molecular weight excluding hydrogens is 406 g/mol. The van der Waals surface area contributed by atoms with Crippen LogP contribution in [-0.2, 0) is 17.8 Å². The van der Waals surface area contributed by atoms with Crippen LogP contribution in [0.4, 0.5) is 5.69 Å². The van der Waals surface area contributed by atoms with Crippen LogP contribution in [0.3, 0.4) is 0 Å². The number of anilines is 1. The van der Waals surface area contributed by atoms with Crippen LogP contribution in [0.5, 0.6) is 11.5 Å². The number of methoxy groups -OCH3 is 1. The van der Waals surface area contributed by atoms with E-state index in [1.807, 2.05) is 42.6 Å². The molecule has 1 atom stereocenters. The van der Waals surface area contributed by atoms with E-state index in [-0.39, 0.29) is 18.1 Å². The van der Waals surface area contributed by atoms with Gasteiger partial charge in [-0.1, -0.05) is 12.1 Å². The molecule has 1 amide bonds. The zero-order valence-electron chi connectivity index (χ0n) is 18.2. The average molecular weight is 434 g/mol. The fourth-order valence-corrected chi connectivity index (χ4v) is 4.23. The Kier molecular flexibility index (Phi) is 5.55. The summed E-state index contributed by atoms with van der Waals surface area (Å²) in [6.45, 7) is 2.38. The third-order valence-electron chi connectivity index (χ3n) is 6.09. The van der Waals surface area contributed by atoms with Crippen LogP contribution in [0, 0.1) is 0 Å². The topological polar surface area (TPSA) is 91.5 Å². The highest BCUT2D eigenvalue weighted by Crippen LogP contribution is 2.33. The summed E-state index contributed by atoms with van der Waals surface area (Å²) in [5, 5.41) is 13.3. The van der Waals surface area contributed by atoms with E-state index in [0.717, 1.165) is 35.5 Å². The molecule has 3 aromatic rings. The molecule has 3 N–H and O–H groups in total. The fourth-order valence-electron chi connectivity index (χ4n) is 4.23. The van der Waals surface area contributed by atoms with Gasteiger partial charge in [0.25, 0.3) is 0 Å². The highest BCUT2D eigenvalue weighted by molar-refractivity contribution is 5.97. The van der Waals surface area contributed by atoms with E-state index in [9.17, 15) is 4.79 Å². The summed E-state index contributed by atoms with van der Waals surface area (Å²) >= 11 is 0. The fraction of sp³-hybridized carbons (Fsp3) is 0.333. The van der Waals surface area contributed by atoms with Crippen LogP contribution >= 0.6 is 0 Å². The van der Waals surface area contributed by atoms with Gasteiger partial charge in [-0.2, -0.15) is 5.10 Å². The summed E-state index contributed by atoms with van der Waals surface area (Å²) < 4.78 is 11.6. The number of fused-ring (bicyclic) bond motifs is 1. The van der Waals surface area contributed by atoms with Crippen LogP contribution < -0.4 is 20.1 Å². The number of carbonyl (C=O) groups excluding carboxylic acids is 1. The first-order chi connectivity index (χ1) is 15.6. The number of carbonyl (C=O) groups is 1. The zero-order chi connectivity index (χ0) is 22.1. The standard InChI is InChI=1S/C24H27N5O3/c1-29-13-20(14-29)32-23-9-15(18-11-26-27-12-18)4-6-21(23)28-24(30)22-8-17-7-19(31-2)5-3-16(17)10-25-22/h3-7,9,11-12,20,22,25H,8,10,13-14H2,1-2H3,(H,26,27)(H,28,30)/t22-/m1/s1. The van der Waals surface area contributed by atoms with Crippen molar-refractivity contribution >= 4 is 11.6 Å². The largest absolute Gasteiger partial charge is 0.497 e. The highest BCUT2D eigenvalue weighted by Gasteiger charge is 2.28. The van der Waals surface area contributed by atoms with E-state index in [1.54, 1.807) is 13.3 Å². The molecular formula is C24H27N5O3. The van der Waals surface area contributed by atoms with Crippen LogP contribution in [0.1, 0.15) is 11.1 Å². The van der Waals surface area contributed by atoms with Gasteiger partial charge in [0.05, 0.1) is 25.0 Å². The normalized spacial score (nSPS) is 18.5. The molecule has 1 fully saturated rings. The average Bonchev–Trinajstić information content (AvgIpc) is 3.33. The number of ether oxygens (including phenoxy) is 2. The Balaban J connectivity index is 1.35. The number of hydrogen-bond acceptors (Lipinski definition) is 6. The molecule has 0 bridgehead atoms. The lowest BCUT2D eigenvalue weighted by molar-refractivity contribution is -0.118. The SMILES string of the molecule is COc1ccc2c(c1)C[C@H](C(=O)Nc1ccc(-c3cn[nH]c3)cc1OC1CN(C)C1)NC2. The minimum atomic E-state index is -0.328. The number of aromatic amines is 1. The van der Waals surface area contributed by atoms with Gasteiger partial charge in [-0.05, 0) is 54.4 Å². The van der Waals surface area contributed by atoms with E-state index in [4.69, 9.17) is 9.47 Å². The lowest BCUT2D eigenvalue weighted by Gasteiger charge is -2.36. The Bertz CT molecular complexity index is 1110. The van der Waals surface area contributed by atoms with Gasteiger partial charge in [-0.15, -0.1) is 0 Å². The number of amides is 1. The van der Waals surface area contributed by atoms with E-state index < -0.39 is 0 Å². The van der Waals surface area contributed by atoms with Gasteiger partial charge in [0, 0.05) is 31.4 Å². The van der Waals surface area contributed by atoms with Gasteiger partial charge in [-0.3, -0.25) is 14.8 Å². The van der Waals surface area contributed by atoms with E-state index >= 15 is 0 Å². The first-order valence-corrected chi connectivity index (χ1v) is 10.8. The number of nitrogens with zero attached hydrogens (tertiary/aromatic N) is 2. The predicted molar refractivity (Wildman–Crippen MR) is 122 cm³/mol. The number of nitrogens with one attached hydrogen (secondary N) is 3. The molecule has 0 spiro atoms. The van der Waals surface area contributed by atoms with Gasteiger partial charge < -0.3 is 20.1 Å². The summed E-state index contributed by atoms with van der Waals surface area (Å²) in [6.07, 6.45) is 4.33. The molecule has 0 unspecified atom stereocenters. The number of aromatic nitrogens is 2. The Labute approximate surface area is 186 Å². The second-order valence-electron chi connectivity index (χ2n) is 8.42. The third kappa shape index (κ3) is 4.19. The van der Waals surface area contributed by atoms with E-state index in [0.29, 0.717) is 24.4 Å². The van der Waals surface area contributed by atoms with Crippen molar-refractivity contribution in [2.24, 2.45) is 0 Å². The van der Waals surface area contributed by atoms with Crippen molar-refractivity contribution in [2.75, 3.05) is 32.6 Å². The first kappa shape index (κ1) is 20.5. The highest BCUT2D eigenvalue weighted by atomic mass is 16.5. The Morgan fingerprint density at radius 2 is 2.03 bits per heavy atom. The molecule has 0 radical (unpaired) electrons. The maximum absolute atomic E-state index is 13.1. The summed E-state index contributed by atoms with van der Waals surface area (Å²) in [6, 6.07) is 11.5. The third-order valence-corrected chi connectivity index (χ3v) is 6.09. The van der Waals surface area contributed by atoms with Gasteiger partial charge in [0.2, 0.25) is 5.91 Å². The molecule has 0 aliphatic carbocycles. The number of hydrogen-bond donors (Lipinski definition) is 3. The Hall–Kier alpha value is -3.36. The molecule has 1 aromatic heterocycles. The number of likely N-dealkylation sites (N-methyl/N-ethyl adjacent to an activating group) is 1. The maximum atomic E-state index is 13.1. The number of rotatable bonds is 6. The molecule has 166 valence electrons. The monoisotopic (exact) mass is 433 g/mol. The van der Waals surface area contributed by atoms with Crippen LogP contribution in [0.2, 0.25) is 0 Å². The molecule has 3 heterocycles. The number of likely N-dealkylation sites (tertiary alicyclic amines) is 1. The minimum Gasteiger partial charge on any atom is -0.497 e. The van der Waals surface area contributed by atoms with Gasteiger partial charge in [0.15, 0.2) is 0 Å². The maximum Gasteiger partial charge on any atom is 0.241 e. The Morgan fingerprint density at radius 3 is 2.78 bits per heavy atom. The van der Waals surface area contributed by atoms with Crippen LogP contribution in [0.25, 0.3) is 11.1 Å². The summed E-state index contributed by atoms with van der Waals surface area (Å²) in [7, 11) is 3.72. The quantitative estimate of drug-likeness (QED) is 0.553. The van der Waals surface area contributed by atoms with Crippen molar-refractivity contribution in [3.63, 3.8) is 0 Å². The van der Waals surface area contributed by atoms with Crippen LogP contribution in [-0.4, -0.2) is 60.4 Å². The molecule has 2 aliphatic rings. The first-order valence-electron chi connectivity index (χ1n) is 10.8. The van der Waals surface area contributed by atoms with Crippen molar-refractivity contribution in [1.29, 1.82) is 0 Å². The summed E-state index contributed by atoms with van der Waals surface area (Å²) in [5.74, 6) is 1.40. The zero-order valence-corrected chi connectivity index (χ0v) is 18.2. The minimum absolute atomic E-state index is 0.0786. The number of benzene rings is 2. The lowest BCUT2D eigenvalue weighted by atomic mass is 9.95. The van der Waals surface area contributed by atoms with Crippen molar-refractivity contribution < 1.29 is 14.3 Å². The second-order valence-corrected chi connectivity index (χ2v) is 8.42. The number of H-pyrrole nitrogens is 1. The molecule has 8 heteroatoms.